The van der Waals surface area contributed by atoms with Crippen LogP contribution in [0.25, 0.3) is 11.1 Å². The molecule has 6 atom stereocenters. The number of esters is 1. The Morgan fingerprint density at radius 3 is 2.37 bits per heavy atom. The smallest absolute Gasteiger partial charge is 0.366 e. The van der Waals surface area contributed by atoms with Crippen molar-refractivity contribution < 1.29 is 58.9 Å². The van der Waals surface area contributed by atoms with Crippen LogP contribution >= 0.6 is 11.6 Å². The highest BCUT2D eigenvalue weighted by Gasteiger charge is 2.56. The molecule has 0 bridgehead atoms. The fraction of sp³-hybridized carbons (Fsp3) is 0.361. The number of hydrogen-bond acceptors (Lipinski definition) is 12. The Morgan fingerprint density at radius 2 is 1.75 bits per heavy atom. The predicted molar refractivity (Wildman–Crippen MR) is 182 cm³/mol. The van der Waals surface area contributed by atoms with Crippen molar-refractivity contribution in [2.45, 2.75) is 55.7 Å². The lowest BCUT2D eigenvalue weighted by molar-refractivity contribution is -0.315. The van der Waals surface area contributed by atoms with Crippen molar-refractivity contribution in [3.63, 3.8) is 0 Å². The topological polar surface area (TPSA) is 213 Å². The Kier molecular flexibility index (Phi) is 13.8. The first-order valence-corrected chi connectivity index (χ1v) is 16.1. The molecule has 51 heavy (non-hydrogen) atoms. The van der Waals surface area contributed by atoms with Crippen LogP contribution < -0.4 is 15.4 Å². The molecule has 0 saturated carbocycles. The summed E-state index contributed by atoms with van der Waals surface area (Å²) in [4.78, 5) is 38.1. The second-order valence-corrected chi connectivity index (χ2v) is 12.1. The van der Waals surface area contributed by atoms with Gasteiger partial charge in [-0.15, -0.1) is 6.42 Å². The number of methoxy groups -OCH3 is 1. The first-order valence-electron chi connectivity index (χ1n) is 15.7. The van der Waals surface area contributed by atoms with E-state index in [1.807, 2.05) is 0 Å². The van der Waals surface area contributed by atoms with Crippen LogP contribution in [0.5, 0.6) is 11.5 Å². The normalized spacial score (nSPS) is 21.1. The lowest BCUT2D eigenvalue weighted by Gasteiger charge is -2.47. The maximum atomic E-state index is 13.1. The molecule has 4 rings (SSSR count). The van der Waals surface area contributed by atoms with Gasteiger partial charge in [0.05, 0.1) is 38.4 Å². The van der Waals surface area contributed by atoms with Gasteiger partial charge in [-0.2, -0.15) is 0 Å². The van der Waals surface area contributed by atoms with E-state index in [1.165, 1.54) is 12.1 Å². The summed E-state index contributed by atoms with van der Waals surface area (Å²) in [5, 5.41) is 57.4. The Balaban J connectivity index is 1.46. The average Bonchev–Trinajstić information content (AvgIpc) is 3.13. The molecule has 272 valence electrons. The number of aromatic hydroxyl groups is 1. The van der Waals surface area contributed by atoms with Crippen LogP contribution in [0.15, 0.2) is 66.7 Å². The molecule has 0 unspecified atom stereocenters. The molecular weight excluding hydrogens is 688 g/mol. The number of terminal acetylenes is 1. The van der Waals surface area contributed by atoms with Gasteiger partial charge < -0.3 is 55.1 Å². The summed E-state index contributed by atoms with van der Waals surface area (Å²) < 4.78 is 22.1. The third-order valence-corrected chi connectivity index (χ3v) is 8.45. The fourth-order valence-electron chi connectivity index (χ4n) is 5.42. The summed E-state index contributed by atoms with van der Waals surface area (Å²) >= 11 is 6.43. The van der Waals surface area contributed by atoms with Gasteiger partial charge in [-0.3, -0.25) is 9.59 Å². The minimum absolute atomic E-state index is 0.0609. The molecule has 1 heterocycles. The van der Waals surface area contributed by atoms with Gasteiger partial charge in [0.25, 0.3) is 5.79 Å². The minimum atomic E-state index is -2.31. The monoisotopic (exact) mass is 726 g/mol. The molecular formula is C36H39ClN2O12. The lowest BCUT2D eigenvalue weighted by Crippen LogP contribution is -2.68. The molecule has 3 aromatic carbocycles. The van der Waals surface area contributed by atoms with E-state index >= 15 is 0 Å². The van der Waals surface area contributed by atoms with Crippen molar-refractivity contribution in [1.82, 2.24) is 10.6 Å². The van der Waals surface area contributed by atoms with Crippen LogP contribution in [0.2, 0.25) is 5.02 Å². The van der Waals surface area contributed by atoms with E-state index in [-0.39, 0.29) is 25.4 Å². The van der Waals surface area contributed by atoms with E-state index in [1.54, 1.807) is 54.6 Å². The molecule has 1 aliphatic rings. The number of halogens is 1. The number of phenolic OH excluding ortho intramolecular Hbond substituents is 1. The number of amides is 2. The van der Waals surface area contributed by atoms with Gasteiger partial charge in [-0.05, 0) is 52.6 Å². The SMILES string of the molecule is C#CCOc1ccc(CO[C@]2(C(=O)OC)C[C@H](O)[C@@H](NC(=O)CO)[C@H]([C@H](O)[C@H](O)CNC(=O)Cc3ccc(-c4ccc(O)cc4)cc3Cl)O2)cc1. The van der Waals surface area contributed by atoms with Crippen molar-refractivity contribution in [3.8, 4) is 35.0 Å². The molecule has 3 aromatic rings. The zero-order valence-electron chi connectivity index (χ0n) is 27.5. The quantitative estimate of drug-likeness (QED) is 0.0857. The largest absolute Gasteiger partial charge is 0.508 e. The predicted octanol–water partition coefficient (Wildman–Crippen LogP) is 0.818. The summed E-state index contributed by atoms with van der Waals surface area (Å²) in [6.07, 6.45) is -2.54. The van der Waals surface area contributed by atoms with Crippen LogP contribution in [-0.4, -0.2) is 106 Å². The fourth-order valence-corrected chi connectivity index (χ4v) is 5.67. The number of ether oxygens (including phenoxy) is 4. The Hall–Kier alpha value is -4.72. The maximum absolute atomic E-state index is 13.1. The van der Waals surface area contributed by atoms with Crippen LogP contribution in [0, 0.1) is 12.3 Å². The van der Waals surface area contributed by atoms with E-state index in [9.17, 15) is 39.9 Å². The molecule has 14 nitrogen and oxygen atoms in total. The van der Waals surface area contributed by atoms with Gasteiger partial charge in [0.1, 0.15) is 36.9 Å². The number of hydrogen-bond donors (Lipinski definition) is 7. The van der Waals surface area contributed by atoms with Gasteiger partial charge >= 0.3 is 5.97 Å². The van der Waals surface area contributed by atoms with E-state index in [0.29, 0.717) is 21.9 Å². The van der Waals surface area contributed by atoms with E-state index in [4.69, 9.17) is 37.0 Å². The molecule has 1 saturated heterocycles. The van der Waals surface area contributed by atoms with Crippen molar-refractivity contribution >= 4 is 29.4 Å². The molecule has 15 heteroatoms. The highest BCUT2D eigenvalue weighted by molar-refractivity contribution is 6.31. The van der Waals surface area contributed by atoms with Crippen molar-refractivity contribution in [3.05, 3.63) is 82.9 Å². The van der Waals surface area contributed by atoms with Crippen molar-refractivity contribution in [2.24, 2.45) is 0 Å². The number of carbonyl (C=O) groups is 3. The second kappa shape index (κ2) is 18.0. The van der Waals surface area contributed by atoms with Crippen LogP contribution in [0.3, 0.4) is 0 Å². The molecule has 7 N–H and O–H groups in total. The third kappa shape index (κ3) is 10.2. The molecule has 0 aromatic heterocycles. The number of aliphatic hydroxyl groups excluding tert-OH is 4. The van der Waals surface area contributed by atoms with Gasteiger partial charge in [0.2, 0.25) is 11.8 Å². The molecule has 1 aliphatic heterocycles. The number of nitrogens with one attached hydrogen (secondary N) is 2. The lowest BCUT2D eigenvalue weighted by atomic mass is 9.88. The highest BCUT2D eigenvalue weighted by Crippen LogP contribution is 2.35. The van der Waals surface area contributed by atoms with Crippen molar-refractivity contribution in [1.29, 1.82) is 0 Å². The van der Waals surface area contributed by atoms with E-state index < -0.39 is 73.6 Å². The summed E-state index contributed by atoms with van der Waals surface area (Å²) in [7, 11) is 1.06. The Bertz CT molecular complexity index is 1700. The number of benzene rings is 3. The van der Waals surface area contributed by atoms with Crippen molar-refractivity contribution in [2.75, 3.05) is 26.9 Å². The van der Waals surface area contributed by atoms with E-state index in [0.717, 1.165) is 18.2 Å². The summed E-state index contributed by atoms with van der Waals surface area (Å²) in [5.41, 5.74) is 2.59. The Labute approximate surface area is 298 Å². The van der Waals surface area contributed by atoms with E-state index in [2.05, 4.69) is 16.6 Å². The first kappa shape index (κ1) is 39.1. The number of aliphatic hydroxyl groups is 4. The molecule has 2 amide bonds. The molecule has 0 spiro atoms. The summed E-state index contributed by atoms with van der Waals surface area (Å²) in [6.45, 7) is -1.67. The van der Waals surface area contributed by atoms with Crippen LogP contribution in [0.4, 0.5) is 0 Å². The highest BCUT2D eigenvalue weighted by atomic mass is 35.5. The van der Waals surface area contributed by atoms with Crippen LogP contribution in [-0.2, 0) is 41.6 Å². The first-order chi connectivity index (χ1) is 24.4. The van der Waals surface area contributed by atoms with Crippen LogP contribution in [0.1, 0.15) is 17.5 Å². The molecule has 0 aliphatic carbocycles. The number of rotatable bonds is 15. The third-order valence-electron chi connectivity index (χ3n) is 8.10. The second-order valence-electron chi connectivity index (χ2n) is 11.7. The molecule has 1 fully saturated rings. The zero-order chi connectivity index (χ0) is 37.1. The van der Waals surface area contributed by atoms with Gasteiger partial charge in [-0.1, -0.05) is 53.9 Å². The van der Waals surface area contributed by atoms with Gasteiger partial charge in [0, 0.05) is 18.0 Å². The minimum Gasteiger partial charge on any atom is -0.508 e. The number of phenols is 1. The number of carbonyl (C=O) groups excluding carboxylic acids is 3. The molecule has 0 radical (unpaired) electrons. The summed E-state index contributed by atoms with van der Waals surface area (Å²) in [6, 6.07) is 16.7. The standard InChI is InChI=1S/C36H39ClN2O12/c1-3-14-49-26-12-4-21(5-13-26)20-50-36(35(47)48-2)17-28(42)32(39-31(45)19-40)34(51-36)33(46)29(43)18-38-30(44)16-24-7-6-23(15-27(24)37)22-8-10-25(41)11-9-22/h1,4-13,15,28-29,32-34,40-43,46H,14,16-20H2,2H3,(H,38,44)(H,39,45)/t28-,29+,32+,33+,34+,36+/m0/s1. The van der Waals surface area contributed by atoms with Gasteiger partial charge in [-0.25, -0.2) is 4.79 Å². The zero-order valence-corrected chi connectivity index (χ0v) is 28.3. The Morgan fingerprint density at radius 1 is 1.06 bits per heavy atom. The maximum Gasteiger partial charge on any atom is 0.366 e. The van der Waals surface area contributed by atoms with Gasteiger partial charge in [0.15, 0.2) is 0 Å². The summed E-state index contributed by atoms with van der Waals surface area (Å²) in [5.74, 6) is -1.93. The average molecular weight is 727 g/mol.